The fourth-order valence-corrected chi connectivity index (χ4v) is 4.15. The van der Waals surface area contributed by atoms with Crippen LogP contribution >= 0.6 is 11.3 Å². The maximum absolute atomic E-state index is 12.7. The van der Waals surface area contributed by atoms with E-state index in [1.807, 2.05) is 36.1 Å². The SMILES string of the molecule is Cc1csc(C2CCCN(C(=O)Cn3nnc4ccccc43)C2)n1. The molecule has 24 heavy (non-hydrogen) atoms. The van der Waals surface area contributed by atoms with Crippen LogP contribution in [0.1, 0.15) is 29.5 Å². The molecule has 2 aromatic heterocycles. The quantitative estimate of drug-likeness (QED) is 0.734. The van der Waals surface area contributed by atoms with Crippen molar-refractivity contribution >= 4 is 28.3 Å². The van der Waals surface area contributed by atoms with Gasteiger partial charge in [-0.3, -0.25) is 4.79 Å². The number of para-hydroxylation sites is 1. The Balaban J connectivity index is 1.48. The summed E-state index contributed by atoms with van der Waals surface area (Å²) in [6.45, 7) is 3.82. The molecule has 1 fully saturated rings. The maximum Gasteiger partial charge on any atom is 0.244 e. The van der Waals surface area contributed by atoms with E-state index >= 15 is 0 Å². The number of aromatic nitrogens is 4. The summed E-state index contributed by atoms with van der Waals surface area (Å²) in [5, 5.41) is 11.5. The molecule has 0 saturated carbocycles. The molecule has 0 spiro atoms. The topological polar surface area (TPSA) is 63.9 Å². The van der Waals surface area contributed by atoms with Gasteiger partial charge in [-0.15, -0.1) is 16.4 Å². The molecule has 6 nitrogen and oxygen atoms in total. The fraction of sp³-hybridized carbons (Fsp3) is 0.412. The first-order chi connectivity index (χ1) is 11.7. The van der Waals surface area contributed by atoms with Gasteiger partial charge in [0.1, 0.15) is 12.1 Å². The van der Waals surface area contributed by atoms with Crippen molar-refractivity contribution in [1.82, 2.24) is 24.9 Å². The zero-order valence-electron chi connectivity index (χ0n) is 13.6. The summed E-state index contributed by atoms with van der Waals surface area (Å²) in [5.74, 6) is 0.456. The highest BCUT2D eigenvalue weighted by Gasteiger charge is 2.27. The number of thiazole rings is 1. The largest absolute Gasteiger partial charge is 0.340 e. The molecule has 0 N–H and O–H groups in total. The van der Waals surface area contributed by atoms with E-state index in [0.717, 1.165) is 47.7 Å². The minimum absolute atomic E-state index is 0.101. The third-order valence-electron chi connectivity index (χ3n) is 4.47. The number of carbonyl (C=O) groups is 1. The Morgan fingerprint density at radius 2 is 2.25 bits per heavy atom. The molecule has 124 valence electrons. The van der Waals surface area contributed by atoms with Crippen LogP contribution < -0.4 is 0 Å². The van der Waals surface area contributed by atoms with Crippen molar-refractivity contribution in [2.24, 2.45) is 0 Å². The Kier molecular flexibility index (Phi) is 4.02. The van der Waals surface area contributed by atoms with Crippen LogP contribution in [0.5, 0.6) is 0 Å². The molecule has 1 aliphatic rings. The zero-order valence-corrected chi connectivity index (χ0v) is 14.4. The number of amides is 1. The zero-order chi connectivity index (χ0) is 16.5. The van der Waals surface area contributed by atoms with Crippen molar-refractivity contribution in [2.75, 3.05) is 13.1 Å². The number of benzene rings is 1. The number of likely N-dealkylation sites (tertiary alicyclic amines) is 1. The normalized spacial score (nSPS) is 18.2. The van der Waals surface area contributed by atoms with E-state index in [0.29, 0.717) is 5.92 Å². The van der Waals surface area contributed by atoms with Crippen LogP contribution in [0, 0.1) is 6.92 Å². The van der Waals surface area contributed by atoms with Crippen LogP contribution in [-0.2, 0) is 11.3 Å². The number of rotatable bonds is 3. The van der Waals surface area contributed by atoms with Gasteiger partial charge in [0, 0.05) is 30.1 Å². The van der Waals surface area contributed by atoms with Crippen molar-refractivity contribution in [1.29, 1.82) is 0 Å². The number of aryl methyl sites for hydroxylation is 1. The first-order valence-electron chi connectivity index (χ1n) is 8.19. The molecule has 1 unspecified atom stereocenters. The van der Waals surface area contributed by atoms with Gasteiger partial charge in [-0.25, -0.2) is 9.67 Å². The summed E-state index contributed by atoms with van der Waals surface area (Å²) in [6, 6.07) is 7.72. The summed E-state index contributed by atoms with van der Waals surface area (Å²) < 4.78 is 1.69. The van der Waals surface area contributed by atoms with E-state index < -0.39 is 0 Å². The van der Waals surface area contributed by atoms with Gasteiger partial charge >= 0.3 is 0 Å². The molecular weight excluding hydrogens is 322 g/mol. The average molecular weight is 341 g/mol. The highest BCUT2D eigenvalue weighted by atomic mass is 32.1. The second kappa shape index (κ2) is 6.32. The van der Waals surface area contributed by atoms with E-state index in [2.05, 4.69) is 20.7 Å². The molecule has 0 aliphatic carbocycles. The third-order valence-corrected chi connectivity index (χ3v) is 5.59. The summed E-state index contributed by atoms with van der Waals surface area (Å²) >= 11 is 1.70. The molecule has 1 saturated heterocycles. The lowest BCUT2D eigenvalue weighted by molar-refractivity contribution is -0.133. The van der Waals surface area contributed by atoms with Crippen molar-refractivity contribution in [3.8, 4) is 0 Å². The van der Waals surface area contributed by atoms with E-state index in [-0.39, 0.29) is 12.5 Å². The van der Waals surface area contributed by atoms with Gasteiger partial charge in [0.05, 0.1) is 10.5 Å². The van der Waals surface area contributed by atoms with Gasteiger partial charge in [-0.1, -0.05) is 17.3 Å². The lowest BCUT2D eigenvalue weighted by atomic mass is 9.98. The van der Waals surface area contributed by atoms with Crippen molar-refractivity contribution < 1.29 is 4.79 Å². The van der Waals surface area contributed by atoms with Crippen LogP contribution in [0.15, 0.2) is 29.6 Å². The molecule has 1 atom stereocenters. The number of hydrogen-bond donors (Lipinski definition) is 0. The Bertz CT molecular complexity index is 871. The predicted octanol–water partition coefficient (Wildman–Crippen LogP) is 2.60. The molecule has 3 aromatic rings. The Morgan fingerprint density at radius 1 is 1.38 bits per heavy atom. The van der Waals surface area contributed by atoms with Crippen LogP contribution in [0.2, 0.25) is 0 Å². The first-order valence-corrected chi connectivity index (χ1v) is 9.07. The number of fused-ring (bicyclic) bond motifs is 1. The van der Waals surface area contributed by atoms with E-state index in [1.165, 1.54) is 0 Å². The second-order valence-corrected chi connectivity index (χ2v) is 7.13. The maximum atomic E-state index is 12.7. The van der Waals surface area contributed by atoms with Gasteiger partial charge < -0.3 is 4.90 Å². The summed E-state index contributed by atoms with van der Waals surface area (Å²) in [7, 11) is 0. The number of hydrogen-bond acceptors (Lipinski definition) is 5. The number of carbonyl (C=O) groups excluding carboxylic acids is 1. The Labute approximate surface area is 144 Å². The Morgan fingerprint density at radius 3 is 3.08 bits per heavy atom. The lowest BCUT2D eigenvalue weighted by Crippen LogP contribution is -2.41. The van der Waals surface area contributed by atoms with E-state index in [9.17, 15) is 4.79 Å². The van der Waals surface area contributed by atoms with Crippen LogP contribution in [-0.4, -0.2) is 43.9 Å². The number of piperidine rings is 1. The smallest absolute Gasteiger partial charge is 0.244 e. The van der Waals surface area contributed by atoms with Crippen molar-refractivity contribution in [2.45, 2.75) is 32.2 Å². The second-order valence-electron chi connectivity index (χ2n) is 6.24. The van der Waals surface area contributed by atoms with Gasteiger partial charge in [0.15, 0.2) is 0 Å². The molecule has 1 aromatic carbocycles. The highest BCUT2D eigenvalue weighted by molar-refractivity contribution is 7.09. The standard InChI is InChI=1S/C17H19N5OS/c1-12-11-24-17(18-12)13-5-4-8-21(9-13)16(23)10-22-15-7-3-2-6-14(15)19-20-22/h2-3,6-7,11,13H,4-5,8-10H2,1H3. The minimum atomic E-state index is 0.101. The van der Waals surface area contributed by atoms with Crippen molar-refractivity contribution in [3.05, 3.63) is 40.3 Å². The monoisotopic (exact) mass is 341 g/mol. The molecule has 0 radical (unpaired) electrons. The van der Waals surface area contributed by atoms with Gasteiger partial charge in [0.2, 0.25) is 5.91 Å². The number of nitrogens with zero attached hydrogens (tertiary/aromatic N) is 5. The van der Waals surface area contributed by atoms with Crippen LogP contribution in [0.25, 0.3) is 11.0 Å². The van der Waals surface area contributed by atoms with Crippen LogP contribution in [0.3, 0.4) is 0 Å². The highest BCUT2D eigenvalue weighted by Crippen LogP contribution is 2.29. The summed E-state index contributed by atoms with van der Waals surface area (Å²) in [4.78, 5) is 19.3. The van der Waals surface area contributed by atoms with Crippen LogP contribution in [0.4, 0.5) is 0 Å². The van der Waals surface area contributed by atoms with Gasteiger partial charge in [0.25, 0.3) is 0 Å². The average Bonchev–Trinajstić information content (AvgIpc) is 3.22. The van der Waals surface area contributed by atoms with Gasteiger partial charge in [-0.05, 0) is 31.9 Å². The van der Waals surface area contributed by atoms with Crippen molar-refractivity contribution in [3.63, 3.8) is 0 Å². The summed E-state index contributed by atoms with van der Waals surface area (Å²) in [6.07, 6.45) is 2.12. The molecule has 3 heterocycles. The summed E-state index contributed by atoms with van der Waals surface area (Å²) in [5.41, 5.74) is 2.78. The molecule has 1 amide bonds. The molecule has 7 heteroatoms. The lowest BCUT2D eigenvalue weighted by Gasteiger charge is -2.31. The predicted molar refractivity (Wildman–Crippen MR) is 92.9 cm³/mol. The molecular formula is C17H19N5OS. The molecule has 4 rings (SSSR count). The van der Waals surface area contributed by atoms with Gasteiger partial charge in [-0.2, -0.15) is 0 Å². The molecule has 0 bridgehead atoms. The molecule has 1 aliphatic heterocycles. The fourth-order valence-electron chi connectivity index (χ4n) is 3.23. The Hall–Kier alpha value is -2.28. The van der Waals surface area contributed by atoms with E-state index in [4.69, 9.17) is 0 Å². The minimum Gasteiger partial charge on any atom is -0.340 e. The third kappa shape index (κ3) is 2.91. The first kappa shape index (κ1) is 15.3. The van der Waals surface area contributed by atoms with E-state index in [1.54, 1.807) is 16.0 Å².